The number of carbonyl (C=O) groups is 1. The molecule has 1 rings (SSSR count). The second-order valence-electron chi connectivity index (χ2n) is 2.90. The van der Waals surface area contributed by atoms with Crippen molar-refractivity contribution in [2.24, 2.45) is 0 Å². The van der Waals surface area contributed by atoms with Gasteiger partial charge in [0, 0.05) is 5.56 Å². The molecule has 3 nitrogen and oxygen atoms in total. The third kappa shape index (κ3) is 3.58. The zero-order valence-corrected chi connectivity index (χ0v) is 7.96. The highest BCUT2D eigenvalue weighted by molar-refractivity contribution is 5.89. The molecule has 8 heteroatoms. The van der Waals surface area contributed by atoms with Crippen molar-refractivity contribution in [3.05, 3.63) is 29.3 Å². The topological polar surface area (TPSA) is 46.5 Å². The van der Waals surface area contributed by atoms with E-state index in [2.05, 4.69) is 4.74 Å². The lowest BCUT2D eigenvalue weighted by Crippen LogP contribution is -2.17. The van der Waals surface area contributed by atoms with E-state index in [1.807, 2.05) is 0 Å². The third-order valence-electron chi connectivity index (χ3n) is 1.72. The summed E-state index contributed by atoms with van der Waals surface area (Å²) in [7, 11) is 0. The molecule has 0 fully saturated rings. The molecule has 0 radical (unpaired) electrons. The molecule has 0 heterocycles. The van der Waals surface area contributed by atoms with Crippen LogP contribution in [0.15, 0.2) is 18.2 Å². The van der Waals surface area contributed by atoms with Gasteiger partial charge in [0.25, 0.3) is 6.43 Å². The molecule has 0 unspecified atom stereocenters. The molecule has 1 aromatic rings. The van der Waals surface area contributed by atoms with Crippen molar-refractivity contribution in [2.45, 2.75) is 12.8 Å². The number of halogens is 5. The molecule has 0 saturated heterocycles. The Bertz CT molecular complexity index is 427. The van der Waals surface area contributed by atoms with Gasteiger partial charge < -0.3 is 9.84 Å². The van der Waals surface area contributed by atoms with Crippen LogP contribution in [0.5, 0.6) is 5.75 Å². The number of aromatic carboxylic acids is 1. The Labute approximate surface area is 91.4 Å². The van der Waals surface area contributed by atoms with Gasteiger partial charge in [-0.15, -0.1) is 13.2 Å². The number of ether oxygens (including phenoxy) is 1. The number of hydrogen-bond donors (Lipinski definition) is 1. The van der Waals surface area contributed by atoms with Gasteiger partial charge in [-0.25, -0.2) is 13.6 Å². The summed E-state index contributed by atoms with van der Waals surface area (Å²) in [5, 5.41) is 8.54. The molecule has 0 bridgehead atoms. The minimum atomic E-state index is -5.02. The molecule has 0 saturated carbocycles. The Morgan fingerprint density at radius 3 is 2.29 bits per heavy atom. The summed E-state index contributed by atoms with van der Waals surface area (Å²) in [6.07, 6.45) is -8.23. The summed E-state index contributed by atoms with van der Waals surface area (Å²) in [6.45, 7) is 0. The molecular formula is C9H5F5O3. The minimum absolute atomic E-state index is 0.349. The highest BCUT2D eigenvalue weighted by atomic mass is 19.4. The van der Waals surface area contributed by atoms with E-state index in [1.54, 1.807) is 0 Å². The zero-order valence-electron chi connectivity index (χ0n) is 7.96. The van der Waals surface area contributed by atoms with E-state index in [1.165, 1.54) is 0 Å². The van der Waals surface area contributed by atoms with Crippen LogP contribution in [-0.2, 0) is 0 Å². The van der Waals surface area contributed by atoms with Crippen molar-refractivity contribution in [3.8, 4) is 5.75 Å². The van der Waals surface area contributed by atoms with Crippen LogP contribution < -0.4 is 4.74 Å². The second kappa shape index (κ2) is 4.56. The summed E-state index contributed by atoms with van der Waals surface area (Å²) in [5.41, 5.74) is -1.80. The van der Waals surface area contributed by atoms with E-state index in [0.29, 0.717) is 18.2 Å². The Hall–Kier alpha value is -1.86. The second-order valence-corrected chi connectivity index (χ2v) is 2.90. The van der Waals surface area contributed by atoms with Crippen LogP contribution in [0.2, 0.25) is 0 Å². The van der Waals surface area contributed by atoms with E-state index in [0.717, 1.165) is 0 Å². The van der Waals surface area contributed by atoms with Crippen molar-refractivity contribution in [1.82, 2.24) is 0 Å². The fourth-order valence-corrected chi connectivity index (χ4v) is 1.11. The number of hydrogen-bond acceptors (Lipinski definition) is 2. The molecule has 0 aromatic heterocycles. The highest BCUT2D eigenvalue weighted by Gasteiger charge is 2.32. The van der Waals surface area contributed by atoms with Crippen LogP contribution in [0.25, 0.3) is 0 Å². The van der Waals surface area contributed by atoms with Gasteiger partial charge in [-0.05, 0) is 18.2 Å². The molecule has 0 amide bonds. The Morgan fingerprint density at radius 1 is 1.29 bits per heavy atom. The quantitative estimate of drug-likeness (QED) is 0.844. The lowest BCUT2D eigenvalue weighted by atomic mass is 10.1. The number of benzene rings is 1. The largest absolute Gasteiger partial charge is 0.573 e. The van der Waals surface area contributed by atoms with E-state index in [9.17, 15) is 26.7 Å². The van der Waals surface area contributed by atoms with Crippen LogP contribution >= 0.6 is 0 Å². The van der Waals surface area contributed by atoms with Crippen molar-refractivity contribution in [2.75, 3.05) is 0 Å². The number of carboxylic acid groups (broad SMARTS) is 1. The average Bonchev–Trinajstić information content (AvgIpc) is 2.14. The fourth-order valence-electron chi connectivity index (χ4n) is 1.11. The first-order valence-corrected chi connectivity index (χ1v) is 4.12. The van der Waals surface area contributed by atoms with Gasteiger partial charge >= 0.3 is 12.3 Å². The van der Waals surface area contributed by atoms with Gasteiger partial charge in [0.1, 0.15) is 5.75 Å². The molecule has 0 aliphatic carbocycles. The SMILES string of the molecule is O=C(O)c1ccc(OC(F)(F)F)cc1C(F)F. The van der Waals surface area contributed by atoms with Crippen molar-refractivity contribution >= 4 is 5.97 Å². The lowest BCUT2D eigenvalue weighted by molar-refractivity contribution is -0.274. The van der Waals surface area contributed by atoms with E-state index in [4.69, 9.17) is 5.11 Å². The van der Waals surface area contributed by atoms with Crippen LogP contribution in [0.3, 0.4) is 0 Å². The van der Waals surface area contributed by atoms with Gasteiger partial charge in [-0.3, -0.25) is 0 Å². The molecule has 0 aliphatic rings. The molecular weight excluding hydrogens is 251 g/mol. The molecule has 94 valence electrons. The highest BCUT2D eigenvalue weighted by Crippen LogP contribution is 2.30. The summed E-state index contributed by atoms with van der Waals surface area (Å²) in [6, 6.07) is 1.63. The first-order chi connectivity index (χ1) is 7.70. The van der Waals surface area contributed by atoms with Crippen molar-refractivity contribution < 1.29 is 36.6 Å². The minimum Gasteiger partial charge on any atom is -0.478 e. The summed E-state index contributed by atoms with van der Waals surface area (Å²) >= 11 is 0. The summed E-state index contributed by atoms with van der Waals surface area (Å²) in [5.74, 6) is -2.54. The molecule has 1 N–H and O–H groups in total. The van der Waals surface area contributed by atoms with Gasteiger partial charge in [0.2, 0.25) is 0 Å². The Kier molecular flexibility index (Phi) is 3.54. The van der Waals surface area contributed by atoms with Crippen LogP contribution in [0.4, 0.5) is 22.0 Å². The fraction of sp³-hybridized carbons (Fsp3) is 0.222. The molecule has 1 aromatic carbocycles. The lowest BCUT2D eigenvalue weighted by Gasteiger charge is -2.11. The van der Waals surface area contributed by atoms with Gasteiger partial charge in [0.05, 0.1) is 5.56 Å². The zero-order chi connectivity index (χ0) is 13.2. The molecule has 0 spiro atoms. The predicted octanol–water partition coefficient (Wildman–Crippen LogP) is 3.22. The average molecular weight is 256 g/mol. The van der Waals surface area contributed by atoms with Crippen LogP contribution in [0, 0.1) is 0 Å². The first kappa shape index (κ1) is 13.2. The maximum absolute atomic E-state index is 12.4. The third-order valence-corrected chi connectivity index (χ3v) is 1.72. The maximum Gasteiger partial charge on any atom is 0.573 e. The smallest absolute Gasteiger partial charge is 0.478 e. The number of rotatable bonds is 3. The van der Waals surface area contributed by atoms with Gasteiger partial charge in [0.15, 0.2) is 0 Å². The maximum atomic E-state index is 12.4. The Morgan fingerprint density at radius 2 is 1.88 bits per heavy atom. The van der Waals surface area contributed by atoms with Crippen LogP contribution in [0.1, 0.15) is 22.3 Å². The normalized spacial score (nSPS) is 11.6. The number of alkyl halides is 5. The number of carboxylic acids is 1. The van der Waals surface area contributed by atoms with E-state index < -0.39 is 35.6 Å². The van der Waals surface area contributed by atoms with Gasteiger partial charge in [-0.1, -0.05) is 0 Å². The van der Waals surface area contributed by atoms with Crippen molar-refractivity contribution in [3.63, 3.8) is 0 Å². The predicted molar refractivity (Wildman–Crippen MR) is 45.0 cm³/mol. The summed E-state index contributed by atoms with van der Waals surface area (Å²) < 4.78 is 63.6. The van der Waals surface area contributed by atoms with E-state index in [-0.39, 0.29) is 0 Å². The molecule has 17 heavy (non-hydrogen) atoms. The first-order valence-electron chi connectivity index (χ1n) is 4.12. The van der Waals surface area contributed by atoms with Crippen LogP contribution in [-0.4, -0.2) is 17.4 Å². The van der Waals surface area contributed by atoms with Crippen molar-refractivity contribution in [1.29, 1.82) is 0 Å². The molecule has 0 aliphatic heterocycles. The summed E-state index contributed by atoms with van der Waals surface area (Å²) in [4.78, 5) is 10.5. The Balaban J connectivity index is 3.15. The molecule has 0 atom stereocenters. The standard InChI is InChI=1S/C9H5F5O3/c10-7(11)6-3-4(17-9(12,13)14)1-2-5(6)8(15)16/h1-3,7H,(H,15,16). The monoisotopic (exact) mass is 256 g/mol. The van der Waals surface area contributed by atoms with E-state index >= 15 is 0 Å². The van der Waals surface area contributed by atoms with Gasteiger partial charge in [-0.2, -0.15) is 0 Å².